The molecule has 0 saturated carbocycles. The first-order chi connectivity index (χ1) is 25.1. The first-order valence-electron chi connectivity index (χ1n) is 18.3. The first-order valence-corrected chi connectivity index (χ1v) is 20.4. The van der Waals surface area contributed by atoms with Gasteiger partial charge < -0.3 is 37.5 Å². The third kappa shape index (κ3) is 16.9. The van der Waals surface area contributed by atoms with Gasteiger partial charge in [0.05, 0.1) is 54.8 Å². The minimum absolute atomic E-state index is 0.0449. The van der Waals surface area contributed by atoms with Crippen molar-refractivity contribution in [1.29, 1.82) is 0 Å². The minimum Gasteiger partial charge on any atom is -0.502 e. The highest BCUT2D eigenvalue weighted by molar-refractivity contribution is 14.1. The molecule has 0 aliphatic carbocycles. The molecule has 2 unspecified atom stereocenters. The Morgan fingerprint density at radius 3 is 1.56 bits per heavy atom. The molecule has 54 heavy (non-hydrogen) atoms. The number of hydrogen-bond acceptors (Lipinski definition) is 11. The molecule has 2 fully saturated rings. The molecular formula is C36H64B2I2N6O8. The maximum absolute atomic E-state index is 5.99. The predicted octanol–water partition coefficient (Wildman–Crippen LogP) is 7.96. The largest absolute Gasteiger partial charge is 0.640 e. The van der Waals surface area contributed by atoms with Gasteiger partial charge in [0, 0.05) is 49.6 Å². The van der Waals surface area contributed by atoms with E-state index in [1.807, 2.05) is 133 Å². The highest BCUT2D eigenvalue weighted by Crippen LogP contribution is 2.37. The van der Waals surface area contributed by atoms with E-state index >= 15 is 0 Å². The first kappa shape index (κ1) is 50.5. The topological polar surface area (TPSA) is 138 Å². The second-order valence-electron chi connectivity index (χ2n) is 14.4. The molecule has 0 spiro atoms. The maximum Gasteiger partial charge on any atom is 0.640 e. The Bertz CT molecular complexity index is 1420. The van der Waals surface area contributed by atoms with Crippen LogP contribution in [0.2, 0.25) is 0 Å². The van der Waals surface area contributed by atoms with Crippen LogP contribution < -0.4 is 5.46 Å². The maximum atomic E-state index is 5.99. The highest BCUT2D eigenvalue weighted by atomic mass is 127. The minimum atomic E-state index is -0.523. The summed E-state index contributed by atoms with van der Waals surface area (Å²) in [4.78, 5) is 0. The molecule has 14 nitrogen and oxygen atoms in total. The standard InChI is InChI=1S/C13H23BN2O3.C9H19BO3.C7H11IN2O.C4H8O.C3H3IN2/c1-7-17-10(2)16-9-11(8-15-16)14-18-12(3,4)13(5,6)19-14;1-7(2)11-10-12-8(3,4)9(5,6)13-10;1-3-11-6(2)10-5-7(8)4-9-10;1-3-5-4-2;4-3-1-5-6-2-3/h8-10H,7H2,1-6H3;7H,1-6H3;4-6H,3H2,1-2H3;3H,1,4H2,2H3;1-2H,(H,5,6). The lowest BCUT2D eigenvalue weighted by Crippen LogP contribution is -2.41. The van der Waals surface area contributed by atoms with Crippen LogP contribution in [0.1, 0.15) is 116 Å². The van der Waals surface area contributed by atoms with E-state index in [0.29, 0.717) is 6.61 Å². The van der Waals surface area contributed by atoms with Gasteiger partial charge in [0.25, 0.3) is 0 Å². The van der Waals surface area contributed by atoms with E-state index in [2.05, 4.69) is 76.9 Å². The summed E-state index contributed by atoms with van der Waals surface area (Å²) in [6.45, 7) is 35.4. The average Bonchev–Trinajstić information content (AvgIpc) is 3.88. The van der Waals surface area contributed by atoms with Crippen molar-refractivity contribution in [3.63, 3.8) is 0 Å². The van der Waals surface area contributed by atoms with Crippen molar-refractivity contribution in [2.45, 2.75) is 145 Å². The quantitative estimate of drug-likeness (QED) is 0.114. The van der Waals surface area contributed by atoms with E-state index in [4.69, 9.17) is 32.7 Å². The lowest BCUT2D eigenvalue weighted by atomic mass is 9.82. The van der Waals surface area contributed by atoms with Crippen molar-refractivity contribution in [2.75, 3.05) is 19.8 Å². The summed E-state index contributed by atoms with van der Waals surface area (Å²) in [7, 11) is -0.891. The summed E-state index contributed by atoms with van der Waals surface area (Å²) in [5, 5.41) is 14.8. The van der Waals surface area contributed by atoms with E-state index < -0.39 is 7.32 Å². The molecule has 3 aromatic rings. The number of nitrogens with zero attached hydrogens (tertiary/aromatic N) is 5. The Hall–Kier alpha value is -1.52. The fraction of sp³-hybridized carbons (Fsp3) is 0.694. The molecule has 5 rings (SSSR count). The van der Waals surface area contributed by atoms with Crippen LogP contribution in [0.5, 0.6) is 0 Å². The fourth-order valence-electron chi connectivity index (χ4n) is 4.22. The van der Waals surface area contributed by atoms with Gasteiger partial charge in [-0.3, -0.25) is 5.10 Å². The average molecular weight is 984 g/mol. The van der Waals surface area contributed by atoms with Crippen molar-refractivity contribution >= 4 is 65.1 Å². The molecule has 1 N–H and O–H groups in total. The Morgan fingerprint density at radius 2 is 1.22 bits per heavy atom. The SMILES string of the molecule is C=COCC.CC(C)OB1OC(C)(C)C(C)(C)O1.CCOC(C)n1cc(B2OC(C)(C)C(C)(C)O2)cn1.CCOC(C)n1cc(I)cn1.Ic1cn[nH]c1. The van der Waals surface area contributed by atoms with Crippen LogP contribution in [0.3, 0.4) is 0 Å². The van der Waals surface area contributed by atoms with Crippen molar-refractivity contribution in [3.8, 4) is 0 Å². The molecule has 2 saturated heterocycles. The summed E-state index contributed by atoms with van der Waals surface area (Å²) in [5.74, 6) is 0. The van der Waals surface area contributed by atoms with Gasteiger partial charge >= 0.3 is 14.4 Å². The molecule has 2 aliphatic heterocycles. The number of H-pyrrole nitrogens is 1. The predicted molar refractivity (Wildman–Crippen MR) is 231 cm³/mol. The fourth-order valence-corrected chi connectivity index (χ4v) is 4.91. The Balaban J connectivity index is 0.000000365. The lowest BCUT2D eigenvalue weighted by molar-refractivity contribution is 0.00578. The van der Waals surface area contributed by atoms with Crippen molar-refractivity contribution in [3.05, 3.63) is 57.2 Å². The summed E-state index contributed by atoms with van der Waals surface area (Å²) in [5.41, 5.74) is -0.333. The Morgan fingerprint density at radius 1 is 0.741 bits per heavy atom. The van der Waals surface area contributed by atoms with Gasteiger partial charge in [-0.25, -0.2) is 9.36 Å². The monoisotopic (exact) mass is 984 g/mol. The number of aromatic nitrogens is 6. The van der Waals surface area contributed by atoms with E-state index in [1.54, 1.807) is 17.1 Å². The van der Waals surface area contributed by atoms with E-state index in [1.165, 1.54) is 6.26 Å². The van der Waals surface area contributed by atoms with Gasteiger partial charge in [-0.1, -0.05) is 6.58 Å². The molecule has 0 aromatic carbocycles. The lowest BCUT2D eigenvalue weighted by Gasteiger charge is -2.32. The number of rotatable bonds is 11. The zero-order valence-corrected chi connectivity index (χ0v) is 39.3. The normalized spacial score (nSPS) is 18.5. The molecule has 0 bridgehead atoms. The number of hydrogen-bond donors (Lipinski definition) is 1. The van der Waals surface area contributed by atoms with Crippen LogP contribution in [0.25, 0.3) is 0 Å². The summed E-state index contributed by atoms with van der Waals surface area (Å²) in [6.07, 6.45) is 12.6. The summed E-state index contributed by atoms with van der Waals surface area (Å²) >= 11 is 4.40. The smallest absolute Gasteiger partial charge is 0.502 e. The molecule has 2 atom stereocenters. The molecule has 18 heteroatoms. The second kappa shape index (κ2) is 23.6. The van der Waals surface area contributed by atoms with Crippen LogP contribution in [0, 0.1) is 7.14 Å². The number of nitrogens with one attached hydrogen (secondary N) is 1. The van der Waals surface area contributed by atoms with Gasteiger partial charge in [-0.2, -0.15) is 15.3 Å². The van der Waals surface area contributed by atoms with Gasteiger partial charge in [0.2, 0.25) is 0 Å². The van der Waals surface area contributed by atoms with Crippen molar-refractivity contribution in [2.24, 2.45) is 0 Å². The van der Waals surface area contributed by atoms with Gasteiger partial charge in [0.15, 0.2) is 0 Å². The van der Waals surface area contributed by atoms with Gasteiger partial charge in [-0.15, -0.1) is 0 Å². The van der Waals surface area contributed by atoms with E-state index in [0.717, 1.165) is 25.8 Å². The van der Waals surface area contributed by atoms with Crippen LogP contribution in [-0.4, -0.2) is 92.5 Å². The number of aromatic amines is 1. The molecule has 5 heterocycles. The van der Waals surface area contributed by atoms with Gasteiger partial charge in [0.1, 0.15) is 12.5 Å². The molecule has 2 aliphatic rings. The van der Waals surface area contributed by atoms with Crippen molar-refractivity contribution in [1.82, 2.24) is 29.8 Å². The third-order valence-corrected chi connectivity index (χ3v) is 9.79. The van der Waals surface area contributed by atoms with Gasteiger partial charge in [-0.05, 0) is 149 Å². The Labute approximate surface area is 352 Å². The molecule has 3 aromatic heterocycles. The molecule has 0 amide bonds. The number of ether oxygens (including phenoxy) is 3. The zero-order chi connectivity index (χ0) is 41.3. The summed E-state index contributed by atoms with van der Waals surface area (Å²) < 4.78 is 50.0. The van der Waals surface area contributed by atoms with E-state index in [-0.39, 0.29) is 48.1 Å². The van der Waals surface area contributed by atoms with Crippen LogP contribution in [0.15, 0.2) is 50.0 Å². The molecule has 0 radical (unpaired) electrons. The zero-order valence-electron chi connectivity index (χ0n) is 35.0. The Kier molecular flexibility index (Phi) is 22.1. The highest BCUT2D eigenvalue weighted by Gasteiger charge is 2.53. The molecular weight excluding hydrogens is 920 g/mol. The van der Waals surface area contributed by atoms with Crippen molar-refractivity contribution < 1.29 is 37.5 Å². The molecule has 306 valence electrons. The van der Waals surface area contributed by atoms with Crippen LogP contribution >= 0.6 is 45.2 Å². The van der Waals surface area contributed by atoms with Crippen LogP contribution in [0.4, 0.5) is 0 Å². The summed E-state index contributed by atoms with van der Waals surface area (Å²) in [6, 6.07) is 0. The van der Waals surface area contributed by atoms with E-state index in [9.17, 15) is 0 Å². The third-order valence-electron chi connectivity index (χ3n) is 8.64. The van der Waals surface area contributed by atoms with Crippen LogP contribution in [-0.2, 0) is 37.5 Å². The second-order valence-corrected chi connectivity index (χ2v) is 16.8. The number of halogens is 2.